The van der Waals surface area contributed by atoms with Crippen LogP contribution in [0, 0.1) is 11.6 Å². The van der Waals surface area contributed by atoms with Crippen LogP contribution in [0.1, 0.15) is 23.6 Å². The molecule has 0 amide bonds. The molecule has 0 bridgehead atoms. The van der Waals surface area contributed by atoms with Gasteiger partial charge in [0.1, 0.15) is 23.1 Å². The summed E-state index contributed by atoms with van der Waals surface area (Å²) in [6, 6.07) is 8.47. The van der Waals surface area contributed by atoms with E-state index in [-0.39, 0.29) is 5.56 Å². The molecule has 0 spiro atoms. The Morgan fingerprint density at radius 1 is 1.12 bits per heavy atom. The molecule has 6 heteroatoms. The second-order valence-corrected chi connectivity index (χ2v) is 6.18. The highest BCUT2D eigenvalue weighted by Crippen LogP contribution is 2.37. The summed E-state index contributed by atoms with van der Waals surface area (Å²) < 4.78 is 38.4. The number of hydrogen-bond acceptors (Lipinski definition) is 4. The molecule has 1 N–H and O–H groups in total. The summed E-state index contributed by atoms with van der Waals surface area (Å²) in [5, 5.41) is 10.1. The van der Waals surface area contributed by atoms with Crippen LogP contribution in [0.25, 0.3) is 0 Å². The summed E-state index contributed by atoms with van der Waals surface area (Å²) in [4.78, 5) is 1.93. The fourth-order valence-electron chi connectivity index (χ4n) is 3.37. The number of methoxy groups -OCH3 is 2. The quantitative estimate of drug-likeness (QED) is 0.899. The van der Waals surface area contributed by atoms with Gasteiger partial charge in [0, 0.05) is 30.3 Å². The summed E-state index contributed by atoms with van der Waals surface area (Å²) in [7, 11) is 3.16. The predicted molar refractivity (Wildman–Crippen MR) is 89.7 cm³/mol. The minimum absolute atomic E-state index is 0.262. The summed E-state index contributed by atoms with van der Waals surface area (Å²) in [6.45, 7) is 0.805. The Balaban J connectivity index is 1.91. The van der Waals surface area contributed by atoms with Gasteiger partial charge in [-0.15, -0.1) is 0 Å². The Kier molecular flexibility index (Phi) is 5.20. The third kappa shape index (κ3) is 3.75. The number of halogens is 2. The van der Waals surface area contributed by atoms with E-state index >= 15 is 0 Å². The molecule has 1 aliphatic heterocycles. The lowest BCUT2D eigenvalue weighted by Gasteiger charge is -2.26. The molecule has 25 heavy (non-hydrogen) atoms. The van der Waals surface area contributed by atoms with E-state index in [1.165, 1.54) is 6.07 Å². The molecule has 2 aromatic rings. The molecule has 2 aromatic carbocycles. The Hall–Kier alpha value is -2.18. The number of aliphatic hydroxyl groups excluding tert-OH is 1. The van der Waals surface area contributed by atoms with E-state index in [1.807, 2.05) is 11.0 Å². The van der Waals surface area contributed by atoms with Crippen LogP contribution in [0.2, 0.25) is 0 Å². The molecule has 0 radical (unpaired) electrons. The van der Waals surface area contributed by atoms with Crippen LogP contribution >= 0.6 is 0 Å². The zero-order valence-electron chi connectivity index (χ0n) is 14.2. The SMILES string of the molecule is COc1ccc(OC)c(CN2CC(O)CC2c2cc(F)ccc2F)c1. The van der Waals surface area contributed by atoms with Crippen molar-refractivity contribution in [3.63, 3.8) is 0 Å². The minimum atomic E-state index is -0.593. The van der Waals surface area contributed by atoms with Crippen LogP contribution in [-0.2, 0) is 6.54 Å². The molecule has 1 aliphatic rings. The van der Waals surface area contributed by atoms with Crippen LogP contribution in [0.15, 0.2) is 36.4 Å². The van der Waals surface area contributed by atoms with Gasteiger partial charge in [-0.1, -0.05) is 0 Å². The lowest BCUT2D eigenvalue weighted by atomic mass is 10.0. The Morgan fingerprint density at radius 2 is 1.92 bits per heavy atom. The first kappa shape index (κ1) is 17.6. The lowest BCUT2D eigenvalue weighted by Crippen LogP contribution is -2.25. The Labute approximate surface area is 145 Å². The van der Waals surface area contributed by atoms with Gasteiger partial charge < -0.3 is 14.6 Å². The van der Waals surface area contributed by atoms with Crippen molar-refractivity contribution in [3.8, 4) is 11.5 Å². The first-order valence-corrected chi connectivity index (χ1v) is 8.09. The van der Waals surface area contributed by atoms with Crippen LogP contribution in [0.3, 0.4) is 0 Å². The Morgan fingerprint density at radius 3 is 2.64 bits per heavy atom. The molecule has 4 nitrogen and oxygen atoms in total. The maximum atomic E-state index is 14.2. The number of rotatable bonds is 5. The van der Waals surface area contributed by atoms with Gasteiger partial charge in [-0.2, -0.15) is 0 Å². The highest BCUT2D eigenvalue weighted by Gasteiger charge is 2.34. The van der Waals surface area contributed by atoms with Gasteiger partial charge in [0.25, 0.3) is 0 Å². The first-order valence-electron chi connectivity index (χ1n) is 8.09. The molecule has 0 aliphatic carbocycles. The van der Waals surface area contributed by atoms with Crippen molar-refractivity contribution in [2.24, 2.45) is 0 Å². The summed E-state index contributed by atoms with van der Waals surface area (Å²) in [6.07, 6.45) is -0.239. The number of benzene rings is 2. The smallest absolute Gasteiger partial charge is 0.128 e. The second kappa shape index (κ2) is 7.37. The third-order valence-electron chi connectivity index (χ3n) is 4.56. The van der Waals surface area contributed by atoms with E-state index in [1.54, 1.807) is 26.4 Å². The van der Waals surface area contributed by atoms with Crippen molar-refractivity contribution in [1.82, 2.24) is 4.90 Å². The lowest BCUT2D eigenvalue weighted by molar-refractivity contribution is 0.172. The van der Waals surface area contributed by atoms with E-state index in [9.17, 15) is 13.9 Å². The van der Waals surface area contributed by atoms with Gasteiger partial charge in [-0.25, -0.2) is 8.78 Å². The highest BCUT2D eigenvalue weighted by molar-refractivity contribution is 5.40. The number of nitrogens with zero attached hydrogens (tertiary/aromatic N) is 1. The standard InChI is InChI=1S/C19H21F2NO3/c1-24-15-4-6-19(25-2)12(7-15)10-22-11-14(23)9-18(22)16-8-13(20)3-5-17(16)21/h3-8,14,18,23H,9-11H2,1-2H3. The average Bonchev–Trinajstić information content (AvgIpc) is 2.97. The molecule has 1 fully saturated rings. The largest absolute Gasteiger partial charge is 0.497 e. The minimum Gasteiger partial charge on any atom is -0.497 e. The van der Waals surface area contributed by atoms with Gasteiger partial charge in [0.15, 0.2) is 0 Å². The number of hydrogen-bond donors (Lipinski definition) is 1. The van der Waals surface area contributed by atoms with E-state index in [0.717, 1.165) is 17.7 Å². The number of β-amino-alcohol motifs (C(OH)–C–C–N with tert-alkyl or cyclic N) is 1. The molecular weight excluding hydrogens is 328 g/mol. The van der Waals surface area contributed by atoms with Gasteiger partial charge in [0.2, 0.25) is 0 Å². The van der Waals surface area contributed by atoms with Gasteiger partial charge in [-0.05, 0) is 42.8 Å². The van der Waals surface area contributed by atoms with E-state index < -0.39 is 23.8 Å². The monoisotopic (exact) mass is 349 g/mol. The van der Waals surface area contributed by atoms with Gasteiger partial charge in [-0.3, -0.25) is 4.90 Å². The number of aliphatic hydroxyl groups is 1. The molecule has 2 atom stereocenters. The van der Waals surface area contributed by atoms with Crippen LogP contribution in [-0.4, -0.2) is 36.9 Å². The van der Waals surface area contributed by atoms with Crippen molar-refractivity contribution in [1.29, 1.82) is 0 Å². The predicted octanol–water partition coefficient (Wildman–Crippen LogP) is 3.29. The summed E-state index contributed by atoms with van der Waals surface area (Å²) >= 11 is 0. The maximum absolute atomic E-state index is 14.2. The fraction of sp³-hybridized carbons (Fsp3) is 0.368. The molecule has 1 saturated heterocycles. The summed E-state index contributed by atoms with van der Waals surface area (Å²) in [5.74, 6) is 0.407. The van der Waals surface area contributed by atoms with Crippen molar-refractivity contribution in [2.45, 2.75) is 25.1 Å². The van der Waals surface area contributed by atoms with E-state index in [4.69, 9.17) is 9.47 Å². The van der Waals surface area contributed by atoms with Crippen molar-refractivity contribution < 1.29 is 23.4 Å². The number of likely N-dealkylation sites (tertiary alicyclic amines) is 1. The molecule has 134 valence electrons. The maximum Gasteiger partial charge on any atom is 0.128 e. The average molecular weight is 349 g/mol. The van der Waals surface area contributed by atoms with Gasteiger partial charge >= 0.3 is 0 Å². The summed E-state index contributed by atoms with van der Waals surface area (Å²) in [5.41, 5.74) is 1.12. The molecule has 0 saturated carbocycles. The molecular formula is C19H21F2NO3. The van der Waals surface area contributed by atoms with E-state index in [0.29, 0.717) is 31.0 Å². The molecule has 1 heterocycles. The van der Waals surface area contributed by atoms with Crippen LogP contribution in [0.4, 0.5) is 8.78 Å². The first-order chi connectivity index (χ1) is 12.0. The fourth-order valence-corrected chi connectivity index (χ4v) is 3.37. The molecule has 2 unspecified atom stereocenters. The third-order valence-corrected chi connectivity index (χ3v) is 4.56. The van der Waals surface area contributed by atoms with Crippen molar-refractivity contribution in [3.05, 3.63) is 59.2 Å². The van der Waals surface area contributed by atoms with E-state index in [2.05, 4.69) is 0 Å². The molecule has 3 rings (SSSR count). The number of ether oxygens (including phenoxy) is 2. The van der Waals surface area contributed by atoms with Crippen LogP contribution in [0.5, 0.6) is 11.5 Å². The zero-order valence-corrected chi connectivity index (χ0v) is 14.2. The molecule has 0 aromatic heterocycles. The Bertz CT molecular complexity index is 753. The highest BCUT2D eigenvalue weighted by atomic mass is 19.1. The topological polar surface area (TPSA) is 41.9 Å². The van der Waals surface area contributed by atoms with Crippen molar-refractivity contribution in [2.75, 3.05) is 20.8 Å². The van der Waals surface area contributed by atoms with Gasteiger partial charge in [0.05, 0.1) is 20.3 Å². The second-order valence-electron chi connectivity index (χ2n) is 6.18. The normalized spacial score (nSPS) is 20.7. The van der Waals surface area contributed by atoms with Crippen molar-refractivity contribution >= 4 is 0 Å². The zero-order chi connectivity index (χ0) is 18.0. The van der Waals surface area contributed by atoms with Crippen LogP contribution < -0.4 is 9.47 Å².